The summed E-state index contributed by atoms with van der Waals surface area (Å²) in [5, 5.41) is 1.25. The highest BCUT2D eigenvalue weighted by atomic mass is 32.2. The Labute approximate surface area is 130 Å². The highest BCUT2D eigenvalue weighted by Gasteiger charge is 2.26. The summed E-state index contributed by atoms with van der Waals surface area (Å²) < 4.78 is 32.0. The van der Waals surface area contributed by atoms with Crippen LogP contribution in [-0.2, 0) is 10.0 Å². The molecule has 0 saturated heterocycles. The number of nitrogens with zero attached hydrogens (tertiary/aromatic N) is 1. The van der Waals surface area contributed by atoms with Gasteiger partial charge in [0.05, 0.1) is 17.6 Å². The van der Waals surface area contributed by atoms with Gasteiger partial charge >= 0.3 is 0 Å². The smallest absolute Gasteiger partial charge is 0.257 e. The molecule has 4 nitrogen and oxygen atoms in total. The average molecular weight is 315 g/mol. The predicted octanol–water partition coefficient (Wildman–Crippen LogP) is 3.19. The van der Waals surface area contributed by atoms with Gasteiger partial charge in [-0.2, -0.15) is 0 Å². The van der Waals surface area contributed by atoms with Crippen molar-refractivity contribution in [2.45, 2.75) is 6.92 Å². The van der Waals surface area contributed by atoms with Crippen molar-refractivity contribution >= 4 is 21.8 Å². The standard InChI is InChI=1S/C17H17NO3S/c1-14-6-8-15(9-7-14)10-13-22(19,20)18-11-12-21-17-5-3-2-4-16(17)18/h2-10,13H,11-12H2,1H3. The average Bonchev–Trinajstić information content (AvgIpc) is 2.54. The lowest BCUT2D eigenvalue weighted by Crippen LogP contribution is -2.36. The molecule has 1 heterocycles. The van der Waals surface area contributed by atoms with Crippen molar-refractivity contribution in [2.75, 3.05) is 17.5 Å². The van der Waals surface area contributed by atoms with Gasteiger partial charge in [0, 0.05) is 0 Å². The third-order valence-corrected chi connectivity index (χ3v) is 4.98. The SMILES string of the molecule is Cc1ccc(C=CS(=O)(=O)N2CCOc3ccccc32)cc1. The molecule has 5 heteroatoms. The van der Waals surface area contributed by atoms with Crippen molar-refractivity contribution in [2.24, 2.45) is 0 Å². The quantitative estimate of drug-likeness (QED) is 0.874. The Kier molecular flexibility index (Phi) is 3.90. The van der Waals surface area contributed by atoms with E-state index in [2.05, 4.69) is 0 Å². The fraction of sp³-hybridized carbons (Fsp3) is 0.176. The Morgan fingerprint density at radius 2 is 1.82 bits per heavy atom. The third kappa shape index (κ3) is 2.99. The number of hydrogen-bond acceptors (Lipinski definition) is 3. The van der Waals surface area contributed by atoms with E-state index >= 15 is 0 Å². The van der Waals surface area contributed by atoms with E-state index in [1.54, 1.807) is 24.3 Å². The molecule has 0 unspecified atom stereocenters. The summed E-state index contributed by atoms with van der Waals surface area (Å²) in [6.07, 6.45) is 1.62. The van der Waals surface area contributed by atoms with Crippen LogP contribution in [0.3, 0.4) is 0 Å². The number of aryl methyl sites for hydroxylation is 1. The van der Waals surface area contributed by atoms with Crippen molar-refractivity contribution in [3.8, 4) is 5.75 Å². The largest absolute Gasteiger partial charge is 0.489 e. The zero-order valence-corrected chi connectivity index (χ0v) is 13.1. The fourth-order valence-electron chi connectivity index (χ4n) is 2.32. The van der Waals surface area contributed by atoms with Crippen LogP contribution >= 0.6 is 0 Å². The summed E-state index contributed by atoms with van der Waals surface area (Å²) in [7, 11) is -3.53. The topological polar surface area (TPSA) is 46.6 Å². The molecular formula is C17H17NO3S. The van der Waals surface area contributed by atoms with Gasteiger partial charge in [-0.05, 0) is 30.7 Å². The molecule has 1 aliphatic rings. The van der Waals surface area contributed by atoms with Gasteiger partial charge in [-0.1, -0.05) is 42.0 Å². The second-order valence-corrected chi connectivity index (χ2v) is 6.89. The minimum Gasteiger partial charge on any atom is -0.489 e. The number of rotatable bonds is 3. The van der Waals surface area contributed by atoms with E-state index in [1.807, 2.05) is 37.3 Å². The molecule has 2 aromatic carbocycles. The number of ether oxygens (including phenoxy) is 1. The van der Waals surface area contributed by atoms with Crippen molar-refractivity contribution in [1.82, 2.24) is 0 Å². The predicted molar refractivity (Wildman–Crippen MR) is 88.4 cm³/mol. The number of para-hydroxylation sites is 2. The summed E-state index contributed by atoms with van der Waals surface area (Å²) in [6.45, 7) is 2.67. The molecule has 22 heavy (non-hydrogen) atoms. The summed E-state index contributed by atoms with van der Waals surface area (Å²) in [5.41, 5.74) is 2.58. The first-order chi connectivity index (χ1) is 10.6. The molecule has 0 aromatic heterocycles. The highest BCUT2D eigenvalue weighted by molar-refractivity contribution is 7.95. The fourth-order valence-corrected chi connectivity index (χ4v) is 3.55. The van der Waals surface area contributed by atoms with Gasteiger partial charge in [0.25, 0.3) is 10.0 Å². The van der Waals surface area contributed by atoms with E-state index in [4.69, 9.17) is 4.74 Å². The van der Waals surface area contributed by atoms with Crippen LogP contribution in [-0.4, -0.2) is 21.6 Å². The van der Waals surface area contributed by atoms with Gasteiger partial charge in [0.15, 0.2) is 0 Å². The molecule has 114 valence electrons. The Morgan fingerprint density at radius 3 is 2.59 bits per heavy atom. The third-order valence-electron chi connectivity index (χ3n) is 3.50. The van der Waals surface area contributed by atoms with E-state index in [-0.39, 0.29) is 0 Å². The molecule has 3 rings (SSSR count). The number of anilines is 1. The van der Waals surface area contributed by atoms with Crippen LogP contribution in [0, 0.1) is 6.92 Å². The van der Waals surface area contributed by atoms with Crippen molar-refractivity contribution < 1.29 is 13.2 Å². The lowest BCUT2D eigenvalue weighted by atomic mass is 10.2. The molecule has 0 bridgehead atoms. The van der Waals surface area contributed by atoms with Crippen LogP contribution in [0.15, 0.2) is 53.9 Å². The summed E-state index contributed by atoms with van der Waals surface area (Å²) in [6, 6.07) is 14.9. The minimum atomic E-state index is -3.53. The van der Waals surface area contributed by atoms with Crippen LogP contribution in [0.1, 0.15) is 11.1 Å². The maximum absolute atomic E-state index is 12.6. The maximum atomic E-state index is 12.6. The first kappa shape index (κ1) is 14.7. The molecule has 0 spiro atoms. The monoisotopic (exact) mass is 315 g/mol. The van der Waals surface area contributed by atoms with Crippen LogP contribution in [0.5, 0.6) is 5.75 Å². The van der Waals surface area contributed by atoms with Crippen molar-refractivity contribution in [3.05, 3.63) is 65.1 Å². The summed E-state index contributed by atoms with van der Waals surface area (Å²) >= 11 is 0. The number of fused-ring (bicyclic) bond motifs is 1. The molecule has 0 aliphatic carbocycles. The first-order valence-electron chi connectivity index (χ1n) is 7.05. The first-order valence-corrected chi connectivity index (χ1v) is 8.56. The number of hydrogen-bond donors (Lipinski definition) is 0. The molecule has 0 radical (unpaired) electrons. The van der Waals surface area contributed by atoms with Gasteiger partial charge in [-0.3, -0.25) is 4.31 Å². The van der Waals surface area contributed by atoms with Gasteiger partial charge in [-0.25, -0.2) is 8.42 Å². The number of benzene rings is 2. The molecule has 0 amide bonds. The lowest BCUT2D eigenvalue weighted by molar-refractivity contribution is 0.316. The lowest BCUT2D eigenvalue weighted by Gasteiger charge is -2.29. The summed E-state index contributed by atoms with van der Waals surface area (Å²) in [5.74, 6) is 0.598. The minimum absolute atomic E-state index is 0.317. The van der Waals surface area contributed by atoms with Gasteiger partial charge in [-0.15, -0.1) is 0 Å². The molecular weight excluding hydrogens is 298 g/mol. The van der Waals surface area contributed by atoms with E-state index in [0.717, 1.165) is 11.1 Å². The second kappa shape index (κ2) is 5.85. The Morgan fingerprint density at radius 1 is 1.09 bits per heavy atom. The van der Waals surface area contributed by atoms with E-state index in [9.17, 15) is 8.42 Å². The Balaban J connectivity index is 1.89. The molecule has 0 N–H and O–H groups in total. The van der Waals surface area contributed by atoms with Gasteiger partial charge in [0.1, 0.15) is 12.4 Å². The second-order valence-electron chi connectivity index (χ2n) is 5.15. The van der Waals surface area contributed by atoms with Gasteiger partial charge < -0.3 is 4.74 Å². The van der Waals surface area contributed by atoms with Crippen LogP contribution in [0.4, 0.5) is 5.69 Å². The van der Waals surface area contributed by atoms with Gasteiger partial charge in [0.2, 0.25) is 0 Å². The Bertz CT molecular complexity index is 795. The molecule has 2 aromatic rings. The van der Waals surface area contributed by atoms with Crippen molar-refractivity contribution in [3.63, 3.8) is 0 Å². The van der Waals surface area contributed by atoms with Crippen LogP contribution in [0.25, 0.3) is 6.08 Å². The summed E-state index contributed by atoms with van der Waals surface area (Å²) in [4.78, 5) is 0. The molecule has 0 saturated carbocycles. The van der Waals surface area contributed by atoms with Crippen molar-refractivity contribution in [1.29, 1.82) is 0 Å². The zero-order chi connectivity index (χ0) is 15.6. The van der Waals surface area contributed by atoms with Crippen LogP contribution < -0.4 is 9.04 Å². The molecule has 0 fully saturated rings. The van der Waals surface area contributed by atoms with E-state index in [1.165, 1.54) is 9.71 Å². The molecule has 0 atom stereocenters. The zero-order valence-electron chi connectivity index (χ0n) is 12.3. The number of sulfonamides is 1. The maximum Gasteiger partial charge on any atom is 0.257 e. The highest BCUT2D eigenvalue weighted by Crippen LogP contribution is 2.33. The van der Waals surface area contributed by atoms with E-state index < -0.39 is 10.0 Å². The van der Waals surface area contributed by atoms with Crippen LogP contribution in [0.2, 0.25) is 0 Å². The van der Waals surface area contributed by atoms with E-state index in [0.29, 0.717) is 24.6 Å². The normalized spacial score (nSPS) is 14.7. The molecule has 1 aliphatic heterocycles. The Hall–Kier alpha value is -2.27.